The average Bonchev–Trinajstić information content (AvgIpc) is 2.85. The molecule has 2 heterocycles. The zero-order valence-electron chi connectivity index (χ0n) is 18.5. The molecule has 0 saturated carbocycles. The van der Waals surface area contributed by atoms with E-state index in [1.54, 1.807) is 18.0 Å². The van der Waals surface area contributed by atoms with E-state index in [-0.39, 0.29) is 5.91 Å². The predicted molar refractivity (Wildman–Crippen MR) is 132 cm³/mol. The number of piperazine rings is 1. The summed E-state index contributed by atoms with van der Waals surface area (Å²) >= 11 is 1.74. The minimum Gasteiger partial charge on any atom is -0.322 e. The fourth-order valence-corrected chi connectivity index (χ4v) is 4.60. The summed E-state index contributed by atoms with van der Waals surface area (Å²) in [4.78, 5) is 22.9. The van der Waals surface area contributed by atoms with Crippen molar-refractivity contribution in [2.75, 3.05) is 38.0 Å². The molecule has 1 aliphatic heterocycles. The van der Waals surface area contributed by atoms with Crippen molar-refractivity contribution in [1.82, 2.24) is 14.8 Å². The smallest absolute Gasteiger partial charge is 0.255 e. The minimum absolute atomic E-state index is 0.0859. The van der Waals surface area contributed by atoms with Gasteiger partial charge in [-0.15, -0.1) is 11.8 Å². The molecule has 0 spiro atoms. The van der Waals surface area contributed by atoms with Gasteiger partial charge < -0.3 is 10.2 Å². The van der Waals surface area contributed by atoms with E-state index in [9.17, 15) is 4.79 Å². The molecule has 0 unspecified atom stereocenters. The van der Waals surface area contributed by atoms with Crippen LogP contribution in [-0.4, -0.2) is 53.4 Å². The Morgan fingerprint density at radius 3 is 2.31 bits per heavy atom. The summed E-state index contributed by atoms with van der Waals surface area (Å²) in [5.41, 5.74) is 3.95. The number of carbonyl (C=O) groups excluding carboxylic acids is 1. The van der Waals surface area contributed by atoms with Crippen LogP contribution >= 0.6 is 11.8 Å². The molecule has 1 N–H and O–H groups in total. The molecular weight excluding hydrogens is 416 g/mol. The largest absolute Gasteiger partial charge is 0.322 e. The Hall–Kier alpha value is -2.67. The van der Waals surface area contributed by atoms with Gasteiger partial charge in [-0.2, -0.15) is 0 Å². The number of hydrogen-bond donors (Lipinski definition) is 1. The molecule has 3 aromatic rings. The molecule has 1 aliphatic rings. The van der Waals surface area contributed by atoms with Crippen LogP contribution in [0.15, 0.2) is 78.0 Å². The molecule has 1 saturated heterocycles. The fourth-order valence-electron chi connectivity index (χ4n) is 3.77. The molecular formula is C26H30N4OS. The van der Waals surface area contributed by atoms with E-state index in [1.807, 2.05) is 48.7 Å². The maximum atomic E-state index is 12.6. The Balaban J connectivity index is 1.26. The topological polar surface area (TPSA) is 48.5 Å². The van der Waals surface area contributed by atoms with E-state index in [0.29, 0.717) is 5.56 Å². The lowest BCUT2D eigenvalue weighted by molar-refractivity contribution is 0.102. The number of pyridine rings is 1. The third-order valence-corrected chi connectivity index (χ3v) is 6.86. The first-order chi connectivity index (χ1) is 15.7. The van der Waals surface area contributed by atoms with Gasteiger partial charge in [0.15, 0.2) is 0 Å². The number of hydrogen-bond acceptors (Lipinski definition) is 5. The highest BCUT2D eigenvalue weighted by atomic mass is 32.2. The van der Waals surface area contributed by atoms with Gasteiger partial charge in [0.1, 0.15) is 0 Å². The zero-order valence-corrected chi connectivity index (χ0v) is 19.4. The maximum absolute atomic E-state index is 12.6. The number of thioether (sulfide) groups is 1. The van der Waals surface area contributed by atoms with Gasteiger partial charge >= 0.3 is 0 Å². The summed E-state index contributed by atoms with van der Waals surface area (Å²) in [6.45, 7) is 8.83. The van der Waals surface area contributed by atoms with Crippen molar-refractivity contribution in [3.05, 3.63) is 89.7 Å². The normalized spacial score (nSPS) is 14.9. The number of nitrogens with one attached hydrogen (secondary N) is 1. The van der Waals surface area contributed by atoms with Crippen molar-refractivity contribution in [3.63, 3.8) is 0 Å². The summed E-state index contributed by atoms with van der Waals surface area (Å²) in [5, 5.41) is 3.01. The van der Waals surface area contributed by atoms with Gasteiger partial charge in [0.2, 0.25) is 0 Å². The van der Waals surface area contributed by atoms with Gasteiger partial charge in [-0.1, -0.05) is 25.1 Å². The van der Waals surface area contributed by atoms with E-state index < -0.39 is 0 Å². The van der Waals surface area contributed by atoms with Gasteiger partial charge in [0, 0.05) is 67.0 Å². The quantitative estimate of drug-likeness (QED) is 0.506. The molecule has 2 aromatic carbocycles. The lowest BCUT2D eigenvalue weighted by atomic mass is 10.1. The molecule has 0 radical (unpaired) electrons. The van der Waals surface area contributed by atoms with Crippen LogP contribution in [0.2, 0.25) is 0 Å². The summed E-state index contributed by atoms with van der Waals surface area (Å²) in [5.74, 6) is 0.775. The van der Waals surface area contributed by atoms with Crippen molar-refractivity contribution in [1.29, 1.82) is 0 Å². The predicted octanol–water partition coefficient (Wildman–Crippen LogP) is 4.76. The second kappa shape index (κ2) is 11.3. The van der Waals surface area contributed by atoms with Crippen LogP contribution in [0.5, 0.6) is 0 Å². The first-order valence-electron chi connectivity index (χ1n) is 11.2. The molecule has 1 amide bonds. The third kappa shape index (κ3) is 6.42. The minimum atomic E-state index is -0.0859. The summed E-state index contributed by atoms with van der Waals surface area (Å²) in [6, 6.07) is 20.0. The van der Waals surface area contributed by atoms with Gasteiger partial charge in [0.05, 0.1) is 0 Å². The number of likely N-dealkylation sites (N-methyl/N-ethyl adjacent to an activating group) is 1. The second-order valence-electron chi connectivity index (χ2n) is 8.04. The highest BCUT2D eigenvalue weighted by molar-refractivity contribution is 7.98. The Bertz CT molecular complexity index is 985. The van der Waals surface area contributed by atoms with Crippen LogP contribution in [0.25, 0.3) is 0 Å². The SMILES string of the molecule is CCN1CCN(Cc2ccc(NC(=O)c3ccc(SCc4cccnc4)cc3)cc2)CC1. The van der Waals surface area contributed by atoms with Crippen LogP contribution in [-0.2, 0) is 12.3 Å². The van der Waals surface area contributed by atoms with Gasteiger partial charge in [-0.25, -0.2) is 0 Å². The monoisotopic (exact) mass is 446 g/mol. The lowest BCUT2D eigenvalue weighted by Crippen LogP contribution is -2.45. The number of anilines is 1. The highest BCUT2D eigenvalue weighted by Gasteiger charge is 2.15. The first-order valence-corrected chi connectivity index (χ1v) is 12.1. The number of nitrogens with zero attached hydrogens (tertiary/aromatic N) is 3. The molecule has 6 heteroatoms. The summed E-state index contributed by atoms with van der Waals surface area (Å²) in [6.07, 6.45) is 3.66. The van der Waals surface area contributed by atoms with E-state index in [0.717, 1.165) is 55.6 Å². The van der Waals surface area contributed by atoms with Crippen molar-refractivity contribution in [2.24, 2.45) is 0 Å². The van der Waals surface area contributed by atoms with Crippen LogP contribution in [0.1, 0.15) is 28.4 Å². The molecule has 0 aliphatic carbocycles. The summed E-state index contributed by atoms with van der Waals surface area (Å²) < 4.78 is 0. The molecule has 0 atom stereocenters. The molecule has 5 nitrogen and oxygen atoms in total. The molecule has 166 valence electrons. The Morgan fingerprint density at radius 2 is 1.66 bits per heavy atom. The van der Waals surface area contributed by atoms with Crippen LogP contribution in [0.4, 0.5) is 5.69 Å². The fraction of sp³-hybridized carbons (Fsp3) is 0.308. The second-order valence-corrected chi connectivity index (χ2v) is 9.08. The van der Waals surface area contributed by atoms with Crippen LogP contribution in [0, 0.1) is 0 Å². The molecule has 32 heavy (non-hydrogen) atoms. The molecule has 0 bridgehead atoms. The molecule has 1 fully saturated rings. The Morgan fingerprint density at radius 1 is 0.938 bits per heavy atom. The maximum Gasteiger partial charge on any atom is 0.255 e. The van der Waals surface area contributed by atoms with Crippen LogP contribution in [0.3, 0.4) is 0 Å². The third-order valence-electron chi connectivity index (χ3n) is 5.77. The van der Waals surface area contributed by atoms with E-state index in [1.165, 1.54) is 11.1 Å². The van der Waals surface area contributed by atoms with Crippen molar-refractivity contribution < 1.29 is 4.79 Å². The number of aromatic nitrogens is 1. The van der Waals surface area contributed by atoms with E-state index >= 15 is 0 Å². The zero-order chi connectivity index (χ0) is 22.2. The van der Waals surface area contributed by atoms with Crippen molar-refractivity contribution >= 4 is 23.4 Å². The highest BCUT2D eigenvalue weighted by Crippen LogP contribution is 2.23. The summed E-state index contributed by atoms with van der Waals surface area (Å²) in [7, 11) is 0. The van der Waals surface area contributed by atoms with Crippen molar-refractivity contribution in [3.8, 4) is 0 Å². The lowest BCUT2D eigenvalue weighted by Gasteiger charge is -2.34. The first kappa shape index (κ1) is 22.5. The standard InChI is InChI=1S/C26H30N4OS/c1-2-29-14-16-30(17-15-29)19-21-5-9-24(10-6-21)28-26(31)23-7-11-25(12-8-23)32-20-22-4-3-13-27-18-22/h3-13,18H,2,14-17,19-20H2,1H3,(H,28,31). The van der Waals surface area contributed by atoms with Crippen LogP contribution < -0.4 is 5.32 Å². The van der Waals surface area contributed by atoms with Gasteiger partial charge in [-0.05, 0) is 60.1 Å². The van der Waals surface area contributed by atoms with Gasteiger partial charge in [0.25, 0.3) is 5.91 Å². The number of rotatable bonds is 8. The Kier molecular flexibility index (Phi) is 7.93. The number of carbonyl (C=O) groups is 1. The number of benzene rings is 2. The average molecular weight is 447 g/mol. The van der Waals surface area contributed by atoms with Gasteiger partial charge in [-0.3, -0.25) is 14.7 Å². The van der Waals surface area contributed by atoms with E-state index in [4.69, 9.17) is 0 Å². The Labute approximate surface area is 194 Å². The van der Waals surface area contributed by atoms with E-state index in [2.05, 4.69) is 45.2 Å². The van der Waals surface area contributed by atoms with Crippen molar-refractivity contribution in [2.45, 2.75) is 24.1 Å². The molecule has 4 rings (SSSR count). The molecule has 1 aromatic heterocycles. The number of amides is 1.